The van der Waals surface area contributed by atoms with Gasteiger partial charge in [-0.15, -0.1) is 12.4 Å². The summed E-state index contributed by atoms with van der Waals surface area (Å²) >= 11 is 0. The van der Waals surface area contributed by atoms with E-state index in [1.807, 2.05) is 38.4 Å². The van der Waals surface area contributed by atoms with Gasteiger partial charge in [0, 0.05) is 23.0 Å². The number of hydrogen-bond donors (Lipinski definition) is 1. The second-order valence-electron chi connectivity index (χ2n) is 6.73. The van der Waals surface area contributed by atoms with E-state index in [9.17, 15) is 4.79 Å². The maximum Gasteiger partial charge on any atom is 0.338 e. The highest BCUT2D eigenvalue weighted by molar-refractivity contribution is 6.07. The Morgan fingerprint density at radius 3 is 2.35 bits per heavy atom. The van der Waals surface area contributed by atoms with Crippen LogP contribution in [0.25, 0.3) is 10.8 Å². The Morgan fingerprint density at radius 2 is 1.74 bits per heavy atom. The molecule has 23 heavy (non-hydrogen) atoms. The van der Waals surface area contributed by atoms with Crippen molar-refractivity contribution in [3.05, 3.63) is 42.0 Å². The van der Waals surface area contributed by atoms with Gasteiger partial charge in [0.15, 0.2) is 0 Å². The van der Waals surface area contributed by atoms with Crippen LogP contribution in [0.3, 0.4) is 0 Å². The van der Waals surface area contributed by atoms with Gasteiger partial charge >= 0.3 is 5.97 Å². The lowest BCUT2D eigenvalue weighted by molar-refractivity contribution is 0.0300. The van der Waals surface area contributed by atoms with E-state index in [2.05, 4.69) is 18.7 Å². The van der Waals surface area contributed by atoms with Crippen molar-refractivity contribution < 1.29 is 9.53 Å². The molecule has 2 aromatic carbocycles. The highest BCUT2D eigenvalue weighted by atomic mass is 35.5. The first-order chi connectivity index (χ1) is 10.3. The van der Waals surface area contributed by atoms with E-state index >= 15 is 0 Å². The molecule has 0 fully saturated rings. The van der Waals surface area contributed by atoms with Crippen molar-refractivity contribution in [3.63, 3.8) is 0 Å². The fourth-order valence-corrected chi connectivity index (χ4v) is 2.74. The zero-order valence-electron chi connectivity index (χ0n) is 14.1. The quantitative estimate of drug-likeness (QED) is 0.669. The molecule has 0 spiro atoms. The summed E-state index contributed by atoms with van der Waals surface area (Å²) in [5.74, 6) is -0.303. The molecule has 2 N–H and O–H groups in total. The maximum atomic E-state index is 12.4. The molecule has 0 unspecified atom stereocenters. The summed E-state index contributed by atoms with van der Waals surface area (Å²) in [4.78, 5) is 14.5. The Kier molecular flexibility index (Phi) is 6.42. The number of carbonyl (C=O) groups excluding carboxylic acids is 1. The molecule has 0 amide bonds. The Bertz CT molecular complexity index is 684. The first kappa shape index (κ1) is 19.3. The van der Waals surface area contributed by atoms with E-state index in [1.165, 1.54) is 0 Å². The van der Waals surface area contributed by atoms with Gasteiger partial charge in [0.2, 0.25) is 0 Å². The van der Waals surface area contributed by atoms with Crippen LogP contribution in [0.4, 0.5) is 5.69 Å². The van der Waals surface area contributed by atoms with Crippen LogP contribution in [0, 0.1) is 5.41 Å². The Morgan fingerprint density at radius 1 is 1.13 bits per heavy atom. The zero-order chi connectivity index (χ0) is 16.3. The molecule has 2 rings (SSSR count). The van der Waals surface area contributed by atoms with E-state index in [1.54, 1.807) is 12.1 Å². The number of rotatable bonds is 5. The predicted octanol–water partition coefficient (Wildman–Crippen LogP) is 3.59. The van der Waals surface area contributed by atoms with E-state index < -0.39 is 0 Å². The lowest BCUT2D eigenvalue weighted by Crippen LogP contribution is -2.33. The number of esters is 1. The summed E-state index contributed by atoms with van der Waals surface area (Å²) in [6.07, 6.45) is 0. The molecule has 0 bridgehead atoms. The minimum atomic E-state index is -0.303. The van der Waals surface area contributed by atoms with Crippen LogP contribution in [0.5, 0.6) is 0 Å². The van der Waals surface area contributed by atoms with Crippen LogP contribution in [0.15, 0.2) is 36.4 Å². The smallest absolute Gasteiger partial charge is 0.338 e. The van der Waals surface area contributed by atoms with Crippen molar-refractivity contribution in [2.75, 3.05) is 33.0 Å². The molecular formula is C18H25ClN2O2. The molecule has 0 radical (unpaired) electrons. The van der Waals surface area contributed by atoms with Gasteiger partial charge in [0.25, 0.3) is 0 Å². The van der Waals surface area contributed by atoms with Crippen LogP contribution < -0.4 is 5.73 Å². The number of fused-ring (bicyclic) bond motifs is 1. The molecule has 0 aliphatic heterocycles. The first-order valence-corrected chi connectivity index (χ1v) is 7.39. The molecule has 126 valence electrons. The number of benzene rings is 2. The molecular weight excluding hydrogens is 312 g/mol. The molecule has 0 atom stereocenters. The third-order valence-corrected chi connectivity index (χ3v) is 3.52. The van der Waals surface area contributed by atoms with Crippen LogP contribution in [-0.4, -0.2) is 38.1 Å². The van der Waals surface area contributed by atoms with Crippen molar-refractivity contribution in [2.45, 2.75) is 13.8 Å². The summed E-state index contributed by atoms with van der Waals surface area (Å²) in [6.45, 7) is 5.40. The normalized spacial score (nSPS) is 11.3. The fraction of sp³-hybridized carbons (Fsp3) is 0.389. The average Bonchev–Trinajstić information content (AvgIpc) is 2.44. The van der Waals surface area contributed by atoms with Crippen molar-refractivity contribution in [2.24, 2.45) is 5.41 Å². The second-order valence-corrected chi connectivity index (χ2v) is 6.73. The topological polar surface area (TPSA) is 55.6 Å². The number of nitrogens with zero attached hydrogens (tertiary/aromatic N) is 1. The first-order valence-electron chi connectivity index (χ1n) is 7.39. The summed E-state index contributed by atoms with van der Waals surface area (Å²) < 4.78 is 5.54. The van der Waals surface area contributed by atoms with Gasteiger partial charge in [0.05, 0.1) is 12.2 Å². The van der Waals surface area contributed by atoms with Crippen molar-refractivity contribution in [1.29, 1.82) is 0 Å². The van der Waals surface area contributed by atoms with Crippen molar-refractivity contribution in [1.82, 2.24) is 4.90 Å². The molecule has 0 aliphatic rings. The Balaban J connectivity index is 0.00000264. The number of nitrogen functional groups attached to an aromatic ring is 1. The van der Waals surface area contributed by atoms with Crippen LogP contribution in [0.1, 0.15) is 24.2 Å². The zero-order valence-corrected chi connectivity index (χ0v) is 14.9. The molecule has 0 saturated carbocycles. The third kappa shape index (κ3) is 4.85. The minimum Gasteiger partial charge on any atom is -0.461 e. The summed E-state index contributed by atoms with van der Waals surface area (Å²) in [5, 5.41) is 1.71. The monoisotopic (exact) mass is 336 g/mol. The number of hydrogen-bond acceptors (Lipinski definition) is 4. The molecule has 0 saturated heterocycles. The standard InChI is InChI=1S/C18H24N2O2.ClH/c1-18(2,11-20(3)4)12-22-17(21)15-9-10-16(19)14-8-6-5-7-13(14)15;/h5-10H,11-12,19H2,1-4H3;1H. The number of carbonyl (C=O) groups is 1. The van der Waals surface area contributed by atoms with E-state index in [0.29, 0.717) is 17.9 Å². The van der Waals surface area contributed by atoms with Gasteiger partial charge in [-0.2, -0.15) is 0 Å². The van der Waals surface area contributed by atoms with E-state index in [4.69, 9.17) is 10.5 Å². The predicted molar refractivity (Wildman–Crippen MR) is 98.2 cm³/mol. The fourth-order valence-electron chi connectivity index (χ4n) is 2.74. The lowest BCUT2D eigenvalue weighted by Gasteiger charge is -2.27. The summed E-state index contributed by atoms with van der Waals surface area (Å²) in [6, 6.07) is 11.1. The highest BCUT2D eigenvalue weighted by Crippen LogP contribution is 2.26. The van der Waals surface area contributed by atoms with Crippen molar-refractivity contribution >= 4 is 34.8 Å². The summed E-state index contributed by atoms with van der Waals surface area (Å²) in [5.41, 5.74) is 7.10. The van der Waals surface area contributed by atoms with Crippen LogP contribution >= 0.6 is 12.4 Å². The molecule has 5 heteroatoms. The average molecular weight is 337 g/mol. The largest absolute Gasteiger partial charge is 0.461 e. The Hall–Kier alpha value is -1.78. The van der Waals surface area contributed by atoms with Gasteiger partial charge in [0.1, 0.15) is 0 Å². The van der Waals surface area contributed by atoms with Gasteiger partial charge in [-0.1, -0.05) is 38.1 Å². The van der Waals surface area contributed by atoms with Crippen LogP contribution in [0.2, 0.25) is 0 Å². The van der Waals surface area contributed by atoms with Gasteiger partial charge in [-0.3, -0.25) is 0 Å². The minimum absolute atomic E-state index is 0. The molecule has 4 nitrogen and oxygen atoms in total. The number of halogens is 1. The molecule has 0 heterocycles. The van der Waals surface area contributed by atoms with Crippen LogP contribution in [-0.2, 0) is 4.74 Å². The van der Waals surface area contributed by atoms with Gasteiger partial charge in [-0.25, -0.2) is 4.79 Å². The summed E-state index contributed by atoms with van der Waals surface area (Å²) in [7, 11) is 4.02. The molecule has 0 aromatic heterocycles. The van der Waals surface area contributed by atoms with Gasteiger partial charge < -0.3 is 15.4 Å². The third-order valence-electron chi connectivity index (χ3n) is 3.52. The SMILES string of the molecule is CN(C)CC(C)(C)COC(=O)c1ccc(N)c2ccccc12.Cl. The van der Waals surface area contributed by atoms with Crippen molar-refractivity contribution in [3.8, 4) is 0 Å². The van der Waals surface area contributed by atoms with Gasteiger partial charge in [-0.05, 0) is 31.6 Å². The highest BCUT2D eigenvalue weighted by Gasteiger charge is 2.22. The van der Waals surface area contributed by atoms with E-state index in [-0.39, 0.29) is 23.8 Å². The maximum absolute atomic E-state index is 12.4. The number of nitrogens with two attached hydrogens (primary N) is 1. The second kappa shape index (κ2) is 7.66. The van der Waals surface area contributed by atoms with E-state index in [0.717, 1.165) is 17.3 Å². The molecule has 2 aromatic rings. The number of anilines is 1. The number of ether oxygens (including phenoxy) is 1. The molecule has 0 aliphatic carbocycles. The Labute approximate surface area is 144 Å². The lowest BCUT2D eigenvalue weighted by atomic mass is 9.94.